The molecular formula is C46H28N2OS2. The topological polar surface area (TPSA) is 15.7 Å². The van der Waals surface area contributed by atoms with Crippen LogP contribution < -0.4 is 14.5 Å². The second-order valence-corrected chi connectivity index (χ2v) is 15.1. The van der Waals surface area contributed by atoms with Crippen LogP contribution >= 0.6 is 22.7 Å². The molecule has 0 radical (unpaired) electrons. The van der Waals surface area contributed by atoms with Crippen molar-refractivity contribution < 1.29 is 4.74 Å². The standard InChI is InChI=1S/C46H28N2OS2/c1-2-12-33-29(10-1)11-9-16-38(33)47(30-22-25-45-37(26-30)35-14-4-8-19-44(35)50-45)31-21-24-40-42(27-31)49-41-17-6-5-15-39(41)48(40)32-20-23-36-34-13-3-7-18-43(34)51-46(36)28-32/h1-28H. The molecule has 3 nitrogen and oxygen atoms in total. The first-order valence-corrected chi connectivity index (χ1v) is 18.7. The average molecular weight is 689 g/mol. The lowest BCUT2D eigenvalue weighted by Crippen LogP contribution is -2.17. The normalized spacial score (nSPS) is 12.4. The molecule has 0 saturated carbocycles. The van der Waals surface area contributed by atoms with Crippen molar-refractivity contribution in [2.45, 2.75) is 0 Å². The molecule has 0 aliphatic carbocycles. The Balaban J connectivity index is 1.11. The van der Waals surface area contributed by atoms with Gasteiger partial charge in [-0.05, 0) is 78.2 Å². The molecule has 0 bridgehead atoms. The lowest BCUT2D eigenvalue weighted by molar-refractivity contribution is 0.477. The molecule has 11 rings (SSSR count). The van der Waals surface area contributed by atoms with E-state index in [2.05, 4.69) is 174 Å². The summed E-state index contributed by atoms with van der Waals surface area (Å²) in [6, 6.07) is 61.2. The first kappa shape index (κ1) is 28.7. The van der Waals surface area contributed by atoms with Gasteiger partial charge in [0.2, 0.25) is 0 Å². The van der Waals surface area contributed by atoms with E-state index in [4.69, 9.17) is 4.74 Å². The van der Waals surface area contributed by atoms with Crippen molar-refractivity contribution >= 4 is 108 Å². The lowest BCUT2D eigenvalue weighted by Gasteiger charge is -2.34. The van der Waals surface area contributed by atoms with Crippen molar-refractivity contribution in [1.82, 2.24) is 0 Å². The molecular weight excluding hydrogens is 661 g/mol. The molecule has 240 valence electrons. The highest BCUT2D eigenvalue weighted by molar-refractivity contribution is 7.26. The molecule has 1 aliphatic heterocycles. The number of hydrogen-bond acceptors (Lipinski definition) is 5. The minimum absolute atomic E-state index is 0.815. The third-order valence-electron chi connectivity index (χ3n) is 10.0. The van der Waals surface area contributed by atoms with E-state index in [1.165, 1.54) is 51.1 Å². The Hall–Kier alpha value is -6.14. The van der Waals surface area contributed by atoms with Gasteiger partial charge in [-0.3, -0.25) is 0 Å². The fourth-order valence-electron chi connectivity index (χ4n) is 7.70. The summed E-state index contributed by atoms with van der Waals surface area (Å²) in [7, 11) is 0. The van der Waals surface area contributed by atoms with Gasteiger partial charge in [0.15, 0.2) is 11.5 Å². The molecule has 51 heavy (non-hydrogen) atoms. The average Bonchev–Trinajstić information content (AvgIpc) is 3.75. The SMILES string of the molecule is c1ccc2c(c1)Oc1cc(N(c3ccc4sc5ccccc5c4c3)c3cccc4ccccc34)ccc1N2c1ccc2c(c1)sc1ccccc12. The predicted molar refractivity (Wildman–Crippen MR) is 219 cm³/mol. The van der Waals surface area contributed by atoms with Gasteiger partial charge in [-0.25, -0.2) is 0 Å². The van der Waals surface area contributed by atoms with E-state index < -0.39 is 0 Å². The molecule has 0 saturated heterocycles. The van der Waals surface area contributed by atoms with Crippen LogP contribution in [-0.2, 0) is 0 Å². The zero-order valence-corrected chi connectivity index (χ0v) is 28.9. The fourth-order valence-corrected chi connectivity index (χ4v) is 9.93. The summed E-state index contributed by atoms with van der Waals surface area (Å²) in [5.74, 6) is 1.65. The van der Waals surface area contributed by atoms with Gasteiger partial charge in [0.25, 0.3) is 0 Å². The van der Waals surface area contributed by atoms with E-state index in [0.717, 1.165) is 45.6 Å². The van der Waals surface area contributed by atoms with Gasteiger partial charge in [0, 0.05) is 63.2 Å². The summed E-state index contributed by atoms with van der Waals surface area (Å²) in [6.45, 7) is 0. The highest BCUT2D eigenvalue weighted by atomic mass is 32.1. The van der Waals surface area contributed by atoms with Gasteiger partial charge in [0.1, 0.15) is 0 Å². The van der Waals surface area contributed by atoms with E-state index >= 15 is 0 Å². The second kappa shape index (κ2) is 11.2. The van der Waals surface area contributed by atoms with Crippen LogP contribution in [0.3, 0.4) is 0 Å². The van der Waals surface area contributed by atoms with Gasteiger partial charge in [-0.2, -0.15) is 0 Å². The molecule has 8 aromatic carbocycles. The molecule has 10 aromatic rings. The maximum Gasteiger partial charge on any atom is 0.153 e. The Morgan fingerprint density at radius 3 is 1.92 bits per heavy atom. The van der Waals surface area contributed by atoms with E-state index in [1.54, 1.807) is 0 Å². The second-order valence-electron chi connectivity index (χ2n) is 12.9. The van der Waals surface area contributed by atoms with Gasteiger partial charge >= 0.3 is 0 Å². The van der Waals surface area contributed by atoms with Crippen LogP contribution in [0.5, 0.6) is 11.5 Å². The summed E-state index contributed by atoms with van der Waals surface area (Å²) in [6.07, 6.45) is 0. The number of thiophene rings is 2. The van der Waals surface area contributed by atoms with Crippen LogP contribution in [-0.4, -0.2) is 0 Å². The zero-order valence-electron chi connectivity index (χ0n) is 27.3. The number of nitrogens with zero attached hydrogens (tertiary/aromatic N) is 2. The molecule has 0 unspecified atom stereocenters. The first-order chi connectivity index (χ1) is 25.3. The number of rotatable bonds is 4. The summed E-state index contributed by atoms with van der Waals surface area (Å²) in [5, 5.41) is 7.54. The van der Waals surface area contributed by atoms with Crippen molar-refractivity contribution in [2.24, 2.45) is 0 Å². The maximum atomic E-state index is 6.77. The molecule has 0 N–H and O–H groups in total. The van der Waals surface area contributed by atoms with Crippen molar-refractivity contribution in [2.75, 3.05) is 9.80 Å². The van der Waals surface area contributed by atoms with Crippen LogP contribution in [0, 0.1) is 0 Å². The van der Waals surface area contributed by atoms with Crippen molar-refractivity contribution in [1.29, 1.82) is 0 Å². The predicted octanol–water partition coefficient (Wildman–Crippen LogP) is 14.6. The van der Waals surface area contributed by atoms with Gasteiger partial charge in [-0.1, -0.05) is 91.0 Å². The number of anilines is 6. The maximum absolute atomic E-state index is 6.77. The van der Waals surface area contributed by atoms with E-state index in [0.29, 0.717) is 0 Å². The largest absolute Gasteiger partial charge is 0.453 e. The monoisotopic (exact) mass is 688 g/mol. The van der Waals surface area contributed by atoms with Gasteiger partial charge in [0.05, 0.1) is 22.7 Å². The number of para-hydroxylation sites is 2. The third kappa shape index (κ3) is 4.49. The minimum Gasteiger partial charge on any atom is -0.453 e. The van der Waals surface area contributed by atoms with Crippen molar-refractivity contribution in [3.8, 4) is 11.5 Å². The fraction of sp³-hybridized carbons (Fsp3) is 0. The molecule has 0 spiro atoms. The smallest absolute Gasteiger partial charge is 0.153 e. The van der Waals surface area contributed by atoms with Crippen molar-refractivity contribution in [3.63, 3.8) is 0 Å². The van der Waals surface area contributed by atoms with E-state index in [-0.39, 0.29) is 0 Å². The molecule has 0 amide bonds. The number of benzene rings is 8. The van der Waals surface area contributed by atoms with Crippen LogP contribution in [0.15, 0.2) is 170 Å². The summed E-state index contributed by atoms with van der Waals surface area (Å²) in [4.78, 5) is 4.72. The van der Waals surface area contributed by atoms with E-state index in [9.17, 15) is 0 Å². The van der Waals surface area contributed by atoms with Crippen LogP contribution in [0.4, 0.5) is 34.1 Å². The summed E-state index contributed by atoms with van der Waals surface area (Å²) >= 11 is 3.69. The van der Waals surface area contributed by atoms with Gasteiger partial charge < -0.3 is 14.5 Å². The minimum atomic E-state index is 0.815. The quantitative estimate of drug-likeness (QED) is 0.183. The summed E-state index contributed by atoms with van der Waals surface area (Å²) in [5.41, 5.74) is 6.40. The number of ether oxygens (including phenoxy) is 1. The highest BCUT2D eigenvalue weighted by Crippen LogP contribution is 2.53. The Kier molecular flexibility index (Phi) is 6.29. The molecule has 0 atom stereocenters. The highest BCUT2D eigenvalue weighted by Gasteiger charge is 2.28. The van der Waals surface area contributed by atoms with Gasteiger partial charge in [-0.15, -0.1) is 22.7 Å². The Bertz CT molecular complexity index is 2990. The van der Waals surface area contributed by atoms with E-state index in [1.807, 2.05) is 28.7 Å². The van der Waals surface area contributed by atoms with Crippen molar-refractivity contribution in [3.05, 3.63) is 170 Å². The molecule has 3 heterocycles. The molecule has 5 heteroatoms. The number of fused-ring (bicyclic) bond motifs is 9. The third-order valence-corrected chi connectivity index (χ3v) is 12.3. The van der Waals surface area contributed by atoms with Crippen LogP contribution in [0.2, 0.25) is 0 Å². The molecule has 1 aliphatic rings. The van der Waals surface area contributed by atoms with Crippen LogP contribution in [0.1, 0.15) is 0 Å². The lowest BCUT2D eigenvalue weighted by atomic mass is 10.0. The number of hydrogen-bond donors (Lipinski definition) is 0. The molecule has 2 aromatic heterocycles. The Labute approximate surface area is 302 Å². The first-order valence-electron chi connectivity index (χ1n) is 17.1. The summed E-state index contributed by atoms with van der Waals surface area (Å²) < 4.78 is 11.9. The molecule has 0 fully saturated rings. The Morgan fingerprint density at radius 1 is 0.412 bits per heavy atom. The Morgan fingerprint density at radius 2 is 1.04 bits per heavy atom. The zero-order chi connectivity index (χ0) is 33.5. The van der Waals surface area contributed by atoms with Crippen LogP contribution in [0.25, 0.3) is 51.1 Å².